The van der Waals surface area contributed by atoms with E-state index in [2.05, 4.69) is 15.6 Å². The molecule has 2 aromatic heterocycles. The molecule has 16 heavy (non-hydrogen) atoms. The summed E-state index contributed by atoms with van der Waals surface area (Å²) in [4.78, 5) is 11.6. The van der Waals surface area contributed by atoms with Crippen LogP contribution in [-0.4, -0.2) is 23.3 Å². The monoisotopic (exact) mass is 223 g/mol. The van der Waals surface area contributed by atoms with Gasteiger partial charge in [0, 0.05) is 6.07 Å². The predicted octanol–water partition coefficient (Wildman–Crippen LogP) is 1.23. The number of nitrogens with zero attached hydrogens (tertiary/aromatic N) is 2. The summed E-state index contributed by atoms with van der Waals surface area (Å²) in [5.74, 6) is 0.728. The molecule has 2 aromatic rings. The van der Waals surface area contributed by atoms with Crippen molar-refractivity contribution in [3.05, 3.63) is 23.7 Å². The van der Waals surface area contributed by atoms with Gasteiger partial charge in [0.1, 0.15) is 5.76 Å². The van der Waals surface area contributed by atoms with E-state index in [1.165, 1.54) is 13.2 Å². The van der Waals surface area contributed by atoms with Gasteiger partial charge in [0.05, 0.1) is 13.2 Å². The molecule has 0 saturated carbocycles. The SMILES string of the molecule is COc1cc(C(=O)Nc2cc(C)on2)on1. The molecule has 0 bridgehead atoms. The van der Waals surface area contributed by atoms with E-state index in [9.17, 15) is 4.79 Å². The van der Waals surface area contributed by atoms with Crippen molar-refractivity contribution in [2.45, 2.75) is 6.92 Å². The van der Waals surface area contributed by atoms with Gasteiger partial charge in [0.25, 0.3) is 11.8 Å². The standard InChI is InChI=1S/C9H9N3O4/c1-5-3-7(11-15-5)10-9(13)6-4-8(14-2)12-16-6/h3-4H,1-2H3,(H,10,11,13). The fourth-order valence-corrected chi connectivity index (χ4v) is 1.07. The van der Waals surface area contributed by atoms with Gasteiger partial charge in [0.15, 0.2) is 5.82 Å². The van der Waals surface area contributed by atoms with Crippen LogP contribution in [0.3, 0.4) is 0 Å². The van der Waals surface area contributed by atoms with E-state index in [4.69, 9.17) is 13.8 Å². The van der Waals surface area contributed by atoms with Gasteiger partial charge in [-0.1, -0.05) is 5.16 Å². The van der Waals surface area contributed by atoms with Crippen molar-refractivity contribution in [3.63, 3.8) is 0 Å². The highest BCUT2D eigenvalue weighted by molar-refractivity contribution is 6.01. The van der Waals surface area contributed by atoms with Crippen molar-refractivity contribution in [1.29, 1.82) is 0 Å². The van der Waals surface area contributed by atoms with Crippen LogP contribution >= 0.6 is 0 Å². The third-order valence-electron chi connectivity index (χ3n) is 1.79. The molecular formula is C9H9N3O4. The normalized spacial score (nSPS) is 10.1. The average Bonchev–Trinajstić information content (AvgIpc) is 2.87. The van der Waals surface area contributed by atoms with E-state index in [-0.39, 0.29) is 11.6 Å². The number of ether oxygens (including phenoxy) is 1. The lowest BCUT2D eigenvalue weighted by molar-refractivity contribution is 0.0986. The van der Waals surface area contributed by atoms with Crippen LogP contribution in [0.5, 0.6) is 5.88 Å². The summed E-state index contributed by atoms with van der Waals surface area (Å²) < 4.78 is 14.3. The van der Waals surface area contributed by atoms with Crippen molar-refractivity contribution in [2.24, 2.45) is 0 Å². The number of hydrogen-bond acceptors (Lipinski definition) is 6. The lowest BCUT2D eigenvalue weighted by Crippen LogP contribution is -2.10. The summed E-state index contributed by atoms with van der Waals surface area (Å²) in [5.41, 5.74) is 0. The zero-order valence-corrected chi connectivity index (χ0v) is 8.68. The maximum atomic E-state index is 11.6. The van der Waals surface area contributed by atoms with Gasteiger partial charge in [-0.05, 0) is 12.1 Å². The number of nitrogens with one attached hydrogen (secondary N) is 1. The summed E-state index contributed by atoms with van der Waals surface area (Å²) in [6.07, 6.45) is 0. The zero-order valence-electron chi connectivity index (χ0n) is 8.68. The molecule has 7 nitrogen and oxygen atoms in total. The van der Waals surface area contributed by atoms with E-state index in [1.54, 1.807) is 13.0 Å². The van der Waals surface area contributed by atoms with Gasteiger partial charge in [0.2, 0.25) is 5.76 Å². The van der Waals surface area contributed by atoms with Crippen LogP contribution in [-0.2, 0) is 0 Å². The minimum absolute atomic E-state index is 0.0394. The third-order valence-corrected chi connectivity index (χ3v) is 1.79. The minimum atomic E-state index is -0.468. The predicted molar refractivity (Wildman–Crippen MR) is 52.2 cm³/mol. The fourth-order valence-electron chi connectivity index (χ4n) is 1.07. The molecule has 1 amide bonds. The highest BCUT2D eigenvalue weighted by Gasteiger charge is 2.14. The lowest BCUT2D eigenvalue weighted by atomic mass is 10.4. The Balaban J connectivity index is 2.08. The Morgan fingerprint density at radius 1 is 1.38 bits per heavy atom. The van der Waals surface area contributed by atoms with Crippen molar-refractivity contribution in [2.75, 3.05) is 12.4 Å². The number of carbonyl (C=O) groups is 1. The first-order valence-electron chi connectivity index (χ1n) is 4.44. The number of aromatic nitrogens is 2. The zero-order chi connectivity index (χ0) is 11.5. The minimum Gasteiger partial charge on any atom is -0.479 e. The first kappa shape index (κ1) is 10.2. The molecule has 0 saturated heterocycles. The first-order chi connectivity index (χ1) is 7.69. The number of anilines is 1. The van der Waals surface area contributed by atoms with Gasteiger partial charge in [-0.2, -0.15) is 0 Å². The second-order valence-electron chi connectivity index (χ2n) is 3.01. The lowest BCUT2D eigenvalue weighted by Gasteiger charge is -1.94. The van der Waals surface area contributed by atoms with Crippen LogP contribution in [0.2, 0.25) is 0 Å². The van der Waals surface area contributed by atoms with Gasteiger partial charge >= 0.3 is 0 Å². The van der Waals surface area contributed by atoms with Crippen LogP contribution in [0.15, 0.2) is 21.2 Å². The van der Waals surface area contributed by atoms with Gasteiger partial charge in [-0.3, -0.25) is 4.79 Å². The van der Waals surface area contributed by atoms with Crippen LogP contribution < -0.4 is 10.1 Å². The molecule has 2 rings (SSSR count). The molecule has 0 fully saturated rings. The Bertz CT molecular complexity index is 502. The maximum Gasteiger partial charge on any atom is 0.295 e. The molecule has 1 N–H and O–H groups in total. The quantitative estimate of drug-likeness (QED) is 0.841. The van der Waals surface area contributed by atoms with Gasteiger partial charge < -0.3 is 19.1 Å². The number of aryl methyl sites for hydroxylation is 1. The van der Waals surface area contributed by atoms with Crippen molar-refractivity contribution >= 4 is 11.7 Å². The average molecular weight is 223 g/mol. The van der Waals surface area contributed by atoms with Crippen LogP contribution in [0.25, 0.3) is 0 Å². The van der Waals surface area contributed by atoms with Crippen LogP contribution in [0.4, 0.5) is 5.82 Å². The molecule has 84 valence electrons. The molecule has 0 radical (unpaired) electrons. The maximum absolute atomic E-state index is 11.6. The summed E-state index contributed by atoms with van der Waals surface area (Å²) in [6.45, 7) is 1.72. The Morgan fingerprint density at radius 2 is 2.19 bits per heavy atom. The number of methoxy groups -OCH3 is 1. The fraction of sp³-hybridized carbons (Fsp3) is 0.222. The van der Waals surface area contributed by atoms with Crippen LogP contribution in [0, 0.1) is 6.92 Å². The van der Waals surface area contributed by atoms with E-state index in [0.717, 1.165) is 0 Å². The number of rotatable bonds is 3. The number of hydrogen-bond donors (Lipinski definition) is 1. The summed E-state index contributed by atoms with van der Waals surface area (Å²) in [6, 6.07) is 2.97. The molecule has 0 atom stereocenters. The van der Waals surface area contributed by atoms with Crippen LogP contribution in [0.1, 0.15) is 16.3 Å². The van der Waals surface area contributed by atoms with Gasteiger partial charge in [-0.15, -0.1) is 0 Å². The second-order valence-corrected chi connectivity index (χ2v) is 3.01. The van der Waals surface area contributed by atoms with Crippen molar-refractivity contribution in [3.8, 4) is 5.88 Å². The molecule has 7 heteroatoms. The topological polar surface area (TPSA) is 90.4 Å². The Labute approximate surface area is 90.3 Å². The molecule has 2 heterocycles. The van der Waals surface area contributed by atoms with E-state index in [0.29, 0.717) is 11.6 Å². The number of carbonyl (C=O) groups excluding carboxylic acids is 1. The highest BCUT2D eigenvalue weighted by atomic mass is 16.5. The first-order valence-corrected chi connectivity index (χ1v) is 4.44. The highest BCUT2D eigenvalue weighted by Crippen LogP contribution is 2.13. The van der Waals surface area contributed by atoms with E-state index >= 15 is 0 Å². The smallest absolute Gasteiger partial charge is 0.295 e. The van der Waals surface area contributed by atoms with Gasteiger partial charge in [-0.25, -0.2) is 0 Å². The summed E-state index contributed by atoms with van der Waals surface area (Å²) in [7, 11) is 1.43. The number of amides is 1. The molecule has 0 aliphatic heterocycles. The van der Waals surface area contributed by atoms with Crippen molar-refractivity contribution in [1.82, 2.24) is 10.3 Å². The van der Waals surface area contributed by atoms with E-state index in [1.807, 2.05) is 0 Å². The van der Waals surface area contributed by atoms with E-state index < -0.39 is 5.91 Å². The van der Waals surface area contributed by atoms with Crippen molar-refractivity contribution < 1.29 is 18.6 Å². The largest absolute Gasteiger partial charge is 0.479 e. The molecule has 0 unspecified atom stereocenters. The molecular weight excluding hydrogens is 214 g/mol. The molecule has 0 aromatic carbocycles. The Morgan fingerprint density at radius 3 is 2.75 bits per heavy atom. The Kier molecular flexibility index (Phi) is 2.59. The molecule has 0 spiro atoms. The molecule has 0 aliphatic rings. The summed E-state index contributed by atoms with van der Waals surface area (Å²) in [5, 5.41) is 9.59. The Hall–Kier alpha value is -2.31. The molecule has 0 aliphatic carbocycles. The summed E-state index contributed by atoms with van der Waals surface area (Å²) >= 11 is 0. The second kappa shape index (κ2) is 4.05. The third kappa shape index (κ3) is 2.02.